The van der Waals surface area contributed by atoms with Crippen LogP contribution in [0, 0.1) is 11.8 Å². The first kappa shape index (κ1) is 20.0. The Morgan fingerprint density at radius 2 is 1.43 bits per heavy atom. The molecule has 4 aliphatic rings. The fourth-order valence-corrected chi connectivity index (χ4v) is 5.90. The molecule has 3 amide bonds. The lowest BCUT2D eigenvalue weighted by atomic mass is 9.91. The monoisotopic (exact) mass is 390 g/mol. The molecule has 2 aliphatic heterocycles. The van der Waals surface area contributed by atoms with Gasteiger partial charge in [0.25, 0.3) is 0 Å². The van der Waals surface area contributed by atoms with Crippen molar-refractivity contribution in [3.63, 3.8) is 0 Å². The van der Waals surface area contributed by atoms with Gasteiger partial charge in [-0.25, -0.2) is 4.79 Å². The van der Waals surface area contributed by atoms with Gasteiger partial charge in [0.2, 0.25) is 5.91 Å². The molecule has 2 saturated carbocycles. The minimum Gasteiger partial charge on any atom is -0.351 e. The number of likely N-dealkylation sites (tertiary alicyclic amines) is 2. The molecule has 0 radical (unpaired) electrons. The van der Waals surface area contributed by atoms with E-state index in [1.165, 1.54) is 19.3 Å². The summed E-state index contributed by atoms with van der Waals surface area (Å²) in [5.74, 6) is 1.31. The highest BCUT2D eigenvalue weighted by atomic mass is 16.2. The number of piperidine rings is 2. The van der Waals surface area contributed by atoms with E-state index in [1.807, 2.05) is 4.90 Å². The normalized spacial score (nSPS) is 31.0. The van der Waals surface area contributed by atoms with Gasteiger partial charge in [-0.05, 0) is 50.9 Å². The summed E-state index contributed by atoms with van der Waals surface area (Å²) in [6, 6.07) is 1.06. The van der Waals surface area contributed by atoms with E-state index in [9.17, 15) is 9.59 Å². The Balaban J connectivity index is 1.25. The number of amides is 3. The van der Waals surface area contributed by atoms with Crippen molar-refractivity contribution in [3.05, 3.63) is 0 Å². The average molecular weight is 391 g/mol. The van der Waals surface area contributed by atoms with Crippen molar-refractivity contribution in [1.82, 2.24) is 14.7 Å². The molecule has 0 aromatic carbocycles. The zero-order valence-corrected chi connectivity index (χ0v) is 17.5. The van der Waals surface area contributed by atoms with Crippen LogP contribution in [0.1, 0.15) is 71.1 Å². The maximum absolute atomic E-state index is 12.4. The molecule has 4 fully saturated rings. The van der Waals surface area contributed by atoms with Gasteiger partial charge in [0.05, 0.1) is 0 Å². The van der Waals surface area contributed by atoms with Gasteiger partial charge in [-0.15, -0.1) is 0 Å². The summed E-state index contributed by atoms with van der Waals surface area (Å²) in [6.07, 6.45) is 11.3. The Morgan fingerprint density at radius 3 is 1.96 bits per heavy atom. The SMILES string of the molecule is CC1CC1C(=O)N1CCC(N2CCC(N(C(N)=O)C3CCCCC3)CC2)CC1. The van der Waals surface area contributed by atoms with Crippen molar-refractivity contribution in [2.45, 2.75) is 89.3 Å². The lowest BCUT2D eigenvalue weighted by Gasteiger charge is -2.46. The molecule has 0 aromatic heterocycles. The van der Waals surface area contributed by atoms with E-state index in [-0.39, 0.29) is 6.03 Å². The summed E-state index contributed by atoms with van der Waals surface area (Å²) in [6.45, 7) is 6.13. The standard InChI is InChI=1S/C22H38N4O2/c1-16-15-20(16)21(27)25-13-7-17(8-14-25)24-11-9-19(10-12-24)26(22(23)28)18-5-3-2-4-6-18/h16-20H,2-15H2,1H3,(H2,23,28). The molecule has 6 nitrogen and oxygen atoms in total. The molecule has 0 bridgehead atoms. The van der Waals surface area contributed by atoms with Crippen LogP contribution in [0.2, 0.25) is 0 Å². The van der Waals surface area contributed by atoms with Gasteiger partial charge in [0.15, 0.2) is 0 Å². The molecule has 2 atom stereocenters. The third kappa shape index (κ3) is 4.32. The summed E-state index contributed by atoms with van der Waals surface area (Å²) in [5, 5.41) is 0. The van der Waals surface area contributed by atoms with E-state index in [4.69, 9.17) is 5.73 Å². The summed E-state index contributed by atoms with van der Waals surface area (Å²) < 4.78 is 0. The zero-order chi connectivity index (χ0) is 19.7. The molecule has 2 saturated heterocycles. The number of carbonyl (C=O) groups is 2. The number of carbonyl (C=O) groups excluding carboxylic acids is 2. The Labute approximate surface area is 169 Å². The van der Waals surface area contributed by atoms with E-state index in [0.717, 1.165) is 71.1 Å². The van der Waals surface area contributed by atoms with Gasteiger partial charge >= 0.3 is 6.03 Å². The maximum Gasteiger partial charge on any atom is 0.315 e. The average Bonchev–Trinajstić information content (AvgIpc) is 3.45. The lowest BCUT2D eigenvalue weighted by Crippen LogP contribution is -2.56. The van der Waals surface area contributed by atoms with Crippen LogP contribution in [0.3, 0.4) is 0 Å². The second-order valence-corrected chi connectivity index (χ2v) is 9.68. The third-order valence-electron chi connectivity index (χ3n) is 7.83. The van der Waals surface area contributed by atoms with Crippen molar-refractivity contribution < 1.29 is 9.59 Å². The molecular weight excluding hydrogens is 352 g/mol. The zero-order valence-electron chi connectivity index (χ0n) is 17.5. The van der Waals surface area contributed by atoms with Gasteiger partial charge < -0.3 is 20.4 Å². The highest BCUT2D eigenvalue weighted by Gasteiger charge is 2.42. The van der Waals surface area contributed by atoms with Crippen LogP contribution in [0.4, 0.5) is 4.79 Å². The topological polar surface area (TPSA) is 69.9 Å². The molecule has 6 heteroatoms. The minimum absolute atomic E-state index is 0.216. The molecule has 2 heterocycles. The molecular formula is C22H38N4O2. The van der Waals surface area contributed by atoms with Crippen LogP contribution in [0.5, 0.6) is 0 Å². The lowest BCUT2D eigenvalue weighted by molar-refractivity contribution is -0.134. The number of nitrogens with zero attached hydrogens (tertiary/aromatic N) is 3. The molecule has 2 N–H and O–H groups in total. The first-order valence-electron chi connectivity index (χ1n) is 11.6. The largest absolute Gasteiger partial charge is 0.351 e. The van der Waals surface area contributed by atoms with Gasteiger partial charge in [0.1, 0.15) is 0 Å². The van der Waals surface area contributed by atoms with Crippen molar-refractivity contribution in [3.8, 4) is 0 Å². The van der Waals surface area contributed by atoms with Gasteiger partial charge in [0, 0.05) is 50.2 Å². The number of rotatable bonds is 4. The smallest absolute Gasteiger partial charge is 0.315 e. The van der Waals surface area contributed by atoms with E-state index in [1.54, 1.807) is 0 Å². The summed E-state index contributed by atoms with van der Waals surface area (Å²) >= 11 is 0. The molecule has 4 rings (SSSR count). The van der Waals surface area contributed by atoms with Crippen LogP contribution < -0.4 is 5.73 Å². The van der Waals surface area contributed by atoms with Crippen LogP contribution in [-0.2, 0) is 4.79 Å². The summed E-state index contributed by atoms with van der Waals surface area (Å²) in [5.41, 5.74) is 5.79. The number of hydrogen-bond donors (Lipinski definition) is 1. The molecule has 2 unspecified atom stereocenters. The number of primary amides is 1. The van der Waals surface area contributed by atoms with E-state index < -0.39 is 0 Å². The maximum atomic E-state index is 12.4. The van der Waals surface area contributed by atoms with Crippen molar-refractivity contribution in [1.29, 1.82) is 0 Å². The predicted molar refractivity (Wildman–Crippen MR) is 110 cm³/mol. The molecule has 158 valence electrons. The predicted octanol–water partition coefficient (Wildman–Crippen LogP) is 2.81. The summed E-state index contributed by atoms with van der Waals surface area (Å²) in [7, 11) is 0. The summed E-state index contributed by atoms with van der Waals surface area (Å²) in [4.78, 5) is 31.4. The van der Waals surface area contributed by atoms with Crippen LogP contribution in [0.25, 0.3) is 0 Å². The van der Waals surface area contributed by atoms with Crippen molar-refractivity contribution in [2.75, 3.05) is 26.2 Å². The molecule has 0 spiro atoms. The Bertz CT molecular complexity index is 561. The highest BCUT2D eigenvalue weighted by Crippen LogP contribution is 2.39. The van der Waals surface area contributed by atoms with Crippen LogP contribution in [-0.4, -0.2) is 70.9 Å². The van der Waals surface area contributed by atoms with Gasteiger partial charge in [-0.3, -0.25) is 4.79 Å². The quantitative estimate of drug-likeness (QED) is 0.802. The Morgan fingerprint density at radius 1 is 0.857 bits per heavy atom. The van der Waals surface area contributed by atoms with E-state index in [0.29, 0.717) is 35.9 Å². The molecule has 2 aliphatic carbocycles. The minimum atomic E-state index is -0.216. The second kappa shape index (κ2) is 8.60. The number of urea groups is 1. The third-order valence-corrected chi connectivity index (χ3v) is 7.83. The Hall–Kier alpha value is -1.30. The highest BCUT2D eigenvalue weighted by molar-refractivity contribution is 5.81. The fourth-order valence-electron chi connectivity index (χ4n) is 5.90. The molecule has 28 heavy (non-hydrogen) atoms. The van der Waals surface area contributed by atoms with E-state index >= 15 is 0 Å². The Kier molecular flexibility index (Phi) is 6.14. The van der Waals surface area contributed by atoms with Crippen molar-refractivity contribution >= 4 is 11.9 Å². The first-order chi connectivity index (χ1) is 13.5. The molecule has 0 aromatic rings. The van der Waals surface area contributed by atoms with Gasteiger partial charge in [-0.1, -0.05) is 26.2 Å². The van der Waals surface area contributed by atoms with Gasteiger partial charge in [-0.2, -0.15) is 0 Å². The van der Waals surface area contributed by atoms with Crippen LogP contribution in [0.15, 0.2) is 0 Å². The van der Waals surface area contributed by atoms with Crippen molar-refractivity contribution in [2.24, 2.45) is 17.6 Å². The fraction of sp³-hybridized carbons (Fsp3) is 0.909. The second-order valence-electron chi connectivity index (χ2n) is 9.68. The number of nitrogens with two attached hydrogens (primary N) is 1. The van der Waals surface area contributed by atoms with E-state index in [2.05, 4.69) is 16.7 Å². The number of hydrogen-bond acceptors (Lipinski definition) is 3. The van der Waals surface area contributed by atoms with Crippen LogP contribution >= 0.6 is 0 Å². The first-order valence-corrected chi connectivity index (χ1v) is 11.6.